The molecule has 4 aromatic rings. The Kier molecular flexibility index (Phi) is 8.85. The normalized spacial score (nSPS) is 11.2. The van der Waals surface area contributed by atoms with Gasteiger partial charge in [0.2, 0.25) is 14.3 Å². The summed E-state index contributed by atoms with van der Waals surface area (Å²) in [6.07, 6.45) is 1.30. The van der Waals surface area contributed by atoms with Crippen molar-refractivity contribution in [3.8, 4) is 0 Å². The van der Waals surface area contributed by atoms with E-state index in [1.165, 1.54) is 10.8 Å². The van der Waals surface area contributed by atoms with Crippen molar-refractivity contribution in [2.45, 2.75) is 0 Å². The minimum atomic E-state index is 0.306. The van der Waals surface area contributed by atoms with Crippen LogP contribution in [0.1, 0.15) is 0 Å². The number of nitrogens with two attached hydrogens (primary N) is 2. The molecule has 4 aromatic heterocycles. The highest BCUT2D eigenvalue weighted by molar-refractivity contribution is 7.71. The Morgan fingerprint density at radius 2 is 1.77 bits per heavy atom. The standard InChI is InChI=1S/C3H6N6S.C3H2N6S.C2H6N6S.CH4O/c2*10-3-8-7-2-6-4-1-5-9(2)3;3-5-1-6-7-2(9)8(1)4;1-2/h4-5H,1H2,(H,6,7)(H,8,10);1H,(H,8,10);3-4H2,(H,5,6)(H,7,9);2H,1H3. The first-order valence-corrected chi connectivity index (χ1v) is 9.09. The predicted molar refractivity (Wildman–Crippen MR) is 116 cm³/mol. The van der Waals surface area contributed by atoms with Gasteiger partial charge in [-0.2, -0.15) is 9.19 Å². The van der Waals surface area contributed by atoms with Crippen molar-refractivity contribution >= 4 is 54.3 Å². The molecule has 5 heterocycles. The average molecular weight is 491 g/mol. The maximum absolute atomic E-state index is 7.00. The monoisotopic (exact) mass is 490 g/mol. The molecular formula is C9H18N18OS3. The molecule has 0 radical (unpaired) electrons. The second-order valence-corrected chi connectivity index (χ2v) is 5.94. The van der Waals surface area contributed by atoms with Crippen LogP contribution in [-0.4, -0.2) is 78.6 Å². The van der Waals surface area contributed by atoms with E-state index < -0.39 is 0 Å². The number of H-pyrrole nitrogens is 3. The van der Waals surface area contributed by atoms with Crippen LogP contribution in [0.4, 0.5) is 11.9 Å². The Balaban J connectivity index is 0.000000159. The molecule has 0 fully saturated rings. The number of rotatable bonds is 1. The summed E-state index contributed by atoms with van der Waals surface area (Å²) >= 11 is 14.4. The van der Waals surface area contributed by atoms with E-state index in [0.717, 1.165) is 11.8 Å². The van der Waals surface area contributed by atoms with E-state index in [1.54, 1.807) is 4.68 Å². The summed E-state index contributed by atoms with van der Waals surface area (Å²) in [5.74, 6) is 11.6. The zero-order chi connectivity index (χ0) is 22.8. The summed E-state index contributed by atoms with van der Waals surface area (Å²) in [5, 5.41) is 36.8. The van der Waals surface area contributed by atoms with E-state index in [0.29, 0.717) is 38.7 Å². The molecule has 1 aliphatic heterocycles. The summed E-state index contributed by atoms with van der Waals surface area (Å²) in [4.78, 5) is 0. The van der Waals surface area contributed by atoms with Gasteiger partial charge in [0.25, 0.3) is 17.7 Å². The lowest BCUT2D eigenvalue weighted by Gasteiger charge is -2.16. The lowest BCUT2D eigenvalue weighted by Crippen LogP contribution is -2.39. The van der Waals surface area contributed by atoms with Gasteiger partial charge < -0.3 is 16.4 Å². The molecule has 12 N–H and O–H groups in total. The number of aromatic amines is 3. The van der Waals surface area contributed by atoms with Gasteiger partial charge in [0.05, 0.1) is 6.67 Å². The topological polar surface area (TPSA) is 259 Å². The lowest BCUT2D eigenvalue weighted by molar-refractivity contribution is 0.399. The number of aromatic nitrogens is 12. The quantitative estimate of drug-likeness (QED) is 0.0750. The highest BCUT2D eigenvalue weighted by Crippen LogP contribution is 2.00. The highest BCUT2D eigenvalue weighted by Gasteiger charge is 2.07. The SMILES string of the molecule is CO.NNc1n[nH]c(=S)n1N.S=c1[nH]nc2n1NCNN2.S=c1[nH]nc2nncnn12. The molecule has 0 aliphatic carbocycles. The van der Waals surface area contributed by atoms with Crippen LogP contribution >= 0.6 is 36.7 Å². The number of nitrogen functional groups attached to an aromatic ring is 2. The molecule has 0 saturated carbocycles. The second kappa shape index (κ2) is 11.6. The number of aliphatic hydroxyl groups excluding tert-OH is 1. The zero-order valence-electron chi connectivity index (χ0n) is 15.6. The third-order valence-corrected chi connectivity index (χ3v) is 3.86. The maximum Gasteiger partial charge on any atom is 0.289 e. The minimum Gasteiger partial charge on any atom is -0.400 e. The van der Waals surface area contributed by atoms with E-state index in [4.69, 9.17) is 41.2 Å². The number of hydrogen-bond acceptors (Lipinski definition) is 16. The number of anilines is 2. The lowest BCUT2D eigenvalue weighted by atomic mass is 10.9. The third-order valence-electron chi connectivity index (χ3n) is 3.03. The molecule has 19 nitrogen and oxygen atoms in total. The molecule has 168 valence electrons. The van der Waals surface area contributed by atoms with Crippen LogP contribution in [0, 0.1) is 14.3 Å². The molecule has 0 amide bonds. The third kappa shape index (κ3) is 5.96. The van der Waals surface area contributed by atoms with E-state index in [9.17, 15) is 0 Å². The van der Waals surface area contributed by atoms with Crippen LogP contribution in [0.3, 0.4) is 0 Å². The van der Waals surface area contributed by atoms with Crippen LogP contribution in [0.2, 0.25) is 0 Å². The Hall–Kier alpha value is -3.57. The molecule has 0 bridgehead atoms. The van der Waals surface area contributed by atoms with Crippen LogP contribution in [-0.2, 0) is 0 Å². The van der Waals surface area contributed by atoms with Gasteiger partial charge >= 0.3 is 0 Å². The largest absolute Gasteiger partial charge is 0.400 e. The Labute approximate surface area is 187 Å². The number of hydrogen-bond donors (Lipinski definition) is 10. The summed E-state index contributed by atoms with van der Waals surface area (Å²) in [6.45, 7) is 0.626. The van der Waals surface area contributed by atoms with Gasteiger partial charge in [-0.15, -0.1) is 30.6 Å². The molecule has 0 spiro atoms. The highest BCUT2D eigenvalue weighted by atomic mass is 32.1. The molecular weight excluding hydrogens is 472 g/mol. The molecule has 0 unspecified atom stereocenters. The smallest absolute Gasteiger partial charge is 0.289 e. The van der Waals surface area contributed by atoms with Crippen LogP contribution in [0.5, 0.6) is 0 Å². The zero-order valence-corrected chi connectivity index (χ0v) is 18.1. The molecule has 0 saturated heterocycles. The van der Waals surface area contributed by atoms with Gasteiger partial charge in [-0.05, 0) is 36.7 Å². The number of nitrogens with zero attached hydrogens (tertiary/aromatic N) is 9. The average Bonchev–Trinajstić information content (AvgIpc) is 3.49. The van der Waals surface area contributed by atoms with Gasteiger partial charge in [0, 0.05) is 7.11 Å². The van der Waals surface area contributed by atoms with Crippen molar-refractivity contribution in [1.29, 1.82) is 0 Å². The Morgan fingerprint density at radius 1 is 1.06 bits per heavy atom. The predicted octanol–water partition coefficient (Wildman–Crippen LogP) is -2.50. The summed E-state index contributed by atoms with van der Waals surface area (Å²) < 4.78 is 5.49. The Bertz CT molecular complexity index is 1240. The van der Waals surface area contributed by atoms with Gasteiger partial charge in [-0.1, -0.05) is 0 Å². The van der Waals surface area contributed by atoms with Crippen molar-refractivity contribution in [2.24, 2.45) is 5.84 Å². The van der Waals surface area contributed by atoms with Crippen molar-refractivity contribution in [3.63, 3.8) is 0 Å². The molecule has 22 heteroatoms. The Morgan fingerprint density at radius 3 is 2.35 bits per heavy atom. The fourth-order valence-electron chi connectivity index (χ4n) is 1.78. The van der Waals surface area contributed by atoms with Gasteiger partial charge in [0.15, 0.2) is 6.33 Å². The molecule has 1 aliphatic rings. The maximum atomic E-state index is 7.00. The number of nitrogens with one attached hydrogen (secondary N) is 7. The first-order valence-electron chi connectivity index (χ1n) is 7.86. The molecule has 0 aromatic carbocycles. The van der Waals surface area contributed by atoms with Crippen molar-refractivity contribution in [3.05, 3.63) is 20.6 Å². The van der Waals surface area contributed by atoms with Crippen LogP contribution < -0.4 is 33.4 Å². The van der Waals surface area contributed by atoms with Gasteiger partial charge in [-0.3, -0.25) is 10.9 Å². The van der Waals surface area contributed by atoms with Gasteiger partial charge in [0.1, 0.15) is 0 Å². The fourth-order valence-corrected chi connectivity index (χ4v) is 2.28. The van der Waals surface area contributed by atoms with Crippen molar-refractivity contribution in [1.82, 2.24) is 65.2 Å². The number of fused-ring (bicyclic) bond motifs is 2. The first-order chi connectivity index (χ1) is 15.0. The number of aliphatic hydroxyl groups is 1. The molecule has 5 rings (SSSR count). The second-order valence-electron chi connectivity index (χ2n) is 4.78. The van der Waals surface area contributed by atoms with E-state index >= 15 is 0 Å². The molecule has 0 atom stereocenters. The fraction of sp³-hybridized carbons (Fsp3) is 0.222. The first kappa shape index (κ1) is 23.7. The van der Waals surface area contributed by atoms with E-state index in [-0.39, 0.29) is 0 Å². The van der Waals surface area contributed by atoms with E-state index in [2.05, 4.69) is 79.8 Å². The summed E-state index contributed by atoms with van der Waals surface area (Å²) in [5.41, 5.74) is 10.9. The van der Waals surface area contributed by atoms with Crippen molar-refractivity contribution in [2.75, 3.05) is 35.9 Å². The molecule has 31 heavy (non-hydrogen) atoms. The van der Waals surface area contributed by atoms with Crippen LogP contribution in [0.15, 0.2) is 6.33 Å². The van der Waals surface area contributed by atoms with E-state index in [1.807, 2.05) is 0 Å². The van der Waals surface area contributed by atoms with Crippen LogP contribution in [0.25, 0.3) is 5.78 Å². The van der Waals surface area contributed by atoms with Crippen molar-refractivity contribution < 1.29 is 5.11 Å². The van der Waals surface area contributed by atoms with Gasteiger partial charge in [-0.25, -0.2) is 31.2 Å². The summed E-state index contributed by atoms with van der Waals surface area (Å²) in [7, 11) is 1.00. The summed E-state index contributed by atoms with van der Waals surface area (Å²) in [6, 6.07) is 0. The minimum absolute atomic E-state index is 0.306. The number of hydrazine groups is 2.